The van der Waals surface area contributed by atoms with Crippen LogP contribution in [-0.4, -0.2) is 42.3 Å². The Morgan fingerprint density at radius 3 is 2.23 bits per heavy atom. The van der Waals surface area contributed by atoms with E-state index < -0.39 is 0 Å². The zero-order chi connectivity index (χ0) is 20.9. The van der Waals surface area contributed by atoms with E-state index in [1.54, 1.807) is 14.2 Å². The number of nitrogens with zero attached hydrogens (tertiary/aromatic N) is 3. The van der Waals surface area contributed by atoms with E-state index in [1.807, 2.05) is 17.0 Å². The van der Waals surface area contributed by atoms with Gasteiger partial charge in [0.25, 0.3) is 0 Å². The standard InChI is InChI=1S/C23H32N4O3/c1-29-20-13-18-19(14-21(20)30-2)24-15-25-22(18)27(17-11-7-4-8-12-17)23(28)26-16-9-5-3-6-10-16/h13-17H,3-12H2,1-2H3,(H,26,28). The van der Waals surface area contributed by atoms with Gasteiger partial charge in [-0.15, -0.1) is 0 Å². The van der Waals surface area contributed by atoms with Gasteiger partial charge in [0.15, 0.2) is 11.5 Å². The maximum atomic E-state index is 13.5. The molecule has 1 heterocycles. The van der Waals surface area contributed by atoms with Gasteiger partial charge in [-0.25, -0.2) is 14.8 Å². The van der Waals surface area contributed by atoms with E-state index in [4.69, 9.17) is 9.47 Å². The van der Waals surface area contributed by atoms with Gasteiger partial charge in [0.05, 0.1) is 19.7 Å². The zero-order valence-corrected chi connectivity index (χ0v) is 18.0. The molecule has 0 bridgehead atoms. The molecular formula is C23H32N4O3. The Bertz CT molecular complexity index is 876. The van der Waals surface area contributed by atoms with Crippen LogP contribution in [0.5, 0.6) is 11.5 Å². The van der Waals surface area contributed by atoms with E-state index in [2.05, 4.69) is 15.3 Å². The average molecular weight is 413 g/mol. The first-order chi connectivity index (χ1) is 14.7. The van der Waals surface area contributed by atoms with Crippen LogP contribution in [-0.2, 0) is 0 Å². The van der Waals surface area contributed by atoms with Crippen molar-refractivity contribution in [3.05, 3.63) is 18.5 Å². The van der Waals surface area contributed by atoms with E-state index >= 15 is 0 Å². The van der Waals surface area contributed by atoms with Crippen LogP contribution < -0.4 is 19.7 Å². The maximum Gasteiger partial charge on any atom is 0.323 e. The topological polar surface area (TPSA) is 76.6 Å². The first-order valence-corrected chi connectivity index (χ1v) is 11.2. The van der Waals surface area contributed by atoms with Crippen molar-refractivity contribution in [1.29, 1.82) is 0 Å². The second-order valence-electron chi connectivity index (χ2n) is 8.37. The molecule has 1 aromatic carbocycles. The number of urea groups is 1. The number of nitrogens with one attached hydrogen (secondary N) is 1. The third kappa shape index (κ3) is 4.30. The smallest absolute Gasteiger partial charge is 0.323 e. The van der Waals surface area contributed by atoms with Crippen molar-refractivity contribution in [2.75, 3.05) is 19.1 Å². The highest BCUT2D eigenvalue weighted by atomic mass is 16.5. The molecule has 1 N–H and O–H groups in total. The van der Waals surface area contributed by atoms with E-state index in [9.17, 15) is 4.79 Å². The van der Waals surface area contributed by atoms with Crippen LogP contribution in [0.3, 0.4) is 0 Å². The SMILES string of the molecule is COc1cc2ncnc(N(C(=O)NC3CCCCC3)C3CCCCC3)c2cc1OC. The fourth-order valence-electron chi connectivity index (χ4n) is 4.83. The van der Waals surface area contributed by atoms with E-state index in [0.717, 1.165) is 49.4 Å². The monoisotopic (exact) mass is 412 g/mol. The van der Waals surface area contributed by atoms with E-state index in [1.165, 1.54) is 32.0 Å². The van der Waals surface area contributed by atoms with Crippen LogP contribution >= 0.6 is 0 Å². The summed E-state index contributed by atoms with van der Waals surface area (Å²) < 4.78 is 10.9. The molecule has 7 nitrogen and oxygen atoms in total. The number of anilines is 1. The van der Waals surface area contributed by atoms with Gasteiger partial charge >= 0.3 is 6.03 Å². The number of carbonyl (C=O) groups excluding carboxylic acids is 1. The molecule has 2 aliphatic carbocycles. The van der Waals surface area contributed by atoms with Crippen LogP contribution in [0.1, 0.15) is 64.2 Å². The van der Waals surface area contributed by atoms with Crippen LogP contribution in [0.2, 0.25) is 0 Å². The summed E-state index contributed by atoms with van der Waals surface area (Å²) in [5.41, 5.74) is 0.740. The van der Waals surface area contributed by atoms with Crippen molar-refractivity contribution < 1.29 is 14.3 Å². The van der Waals surface area contributed by atoms with E-state index in [-0.39, 0.29) is 18.1 Å². The summed E-state index contributed by atoms with van der Waals surface area (Å²) in [5.74, 6) is 1.88. The van der Waals surface area contributed by atoms with Gasteiger partial charge in [0.2, 0.25) is 0 Å². The predicted molar refractivity (Wildman–Crippen MR) is 117 cm³/mol. The number of benzene rings is 1. The lowest BCUT2D eigenvalue weighted by Crippen LogP contribution is -2.51. The van der Waals surface area contributed by atoms with Gasteiger partial charge in [-0.2, -0.15) is 0 Å². The Kier molecular flexibility index (Phi) is 6.55. The number of rotatable bonds is 5. The summed E-state index contributed by atoms with van der Waals surface area (Å²) in [6.07, 6.45) is 12.8. The fourth-order valence-corrected chi connectivity index (χ4v) is 4.83. The molecule has 30 heavy (non-hydrogen) atoms. The summed E-state index contributed by atoms with van der Waals surface area (Å²) in [6.45, 7) is 0. The minimum absolute atomic E-state index is 0.0383. The van der Waals surface area contributed by atoms with Crippen LogP contribution in [0.15, 0.2) is 18.5 Å². The number of hydrogen-bond acceptors (Lipinski definition) is 5. The minimum atomic E-state index is -0.0383. The molecular weight excluding hydrogens is 380 g/mol. The minimum Gasteiger partial charge on any atom is -0.493 e. The first kappa shape index (κ1) is 20.7. The lowest BCUT2D eigenvalue weighted by atomic mass is 9.93. The number of carbonyl (C=O) groups is 1. The summed E-state index contributed by atoms with van der Waals surface area (Å²) >= 11 is 0. The molecule has 2 fully saturated rings. The van der Waals surface area contributed by atoms with Crippen molar-refractivity contribution in [2.24, 2.45) is 0 Å². The van der Waals surface area contributed by atoms with Crippen molar-refractivity contribution in [3.8, 4) is 11.5 Å². The van der Waals surface area contributed by atoms with Gasteiger partial charge < -0.3 is 14.8 Å². The molecule has 0 saturated heterocycles. The highest BCUT2D eigenvalue weighted by molar-refractivity contribution is 6.01. The molecule has 2 aliphatic rings. The Balaban J connectivity index is 1.73. The van der Waals surface area contributed by atoms with Crippen molar-refractivity contribution in [1.82, 2.24) is 15.3 Å². The van der Waals surface area contributed by atoms with Crippen LogP contribution in [0.4, 0.5) is 10.6 Å². The number of ether oxygens (including phenoxy) is 2. The molecule has 0 radical (unpaired) electrons. The molecule has 4 rings (SSSR count). The summed E-state index contributed by atoms with van der Waals surface area (Å²) in [5, 5.41) is 4.11. The quantitative estimate of drug-likeness (QED) is 0.761. The van der Waals surface area contributed by atoms with Gasteiger partial charge in [0.1, 0.15) is 12.1 Å². The van der Waals surface area contributed by atoms with E-state index in [0.29, 0.717) is 17.3 Å². The lowest BCUT2D eigenvalue weighted by Gasteiger charge is -2.35. The van der Waals surface area contributed by atoms with Gasteiger partial charge in [-0.1, -0.05) is 38.5 Å². The second kappa shape index (κ2) is 9.49. The third-order valence-corrected chi connectivity index (χ3v) is 6.44. The number of methoxy groups -OCH3 is 2. The van der Waals surface area contributed by atoms with Gasteiger partial charge in [0, 0.05) is 23.5 Å². The van der Waals surface area contributed by atoms with Crippen LogP contribution in [0, 0.1) is 0 Å². The Morgan fingerprint density at radius 2 is 1.57 bits per heavy atom. The summed E-state index contributed by atoms with van der Waals surface area (Å²) in [7, 11) is 3.22. The third-order valence-electron chi connectivity index (χ3n) is 6.44. The molecule has 2 amide bonds. The molecule has 0 unspecified atom stereocenters. The molecule has 0 aliphatic heterocycles. The van der Waals surface area contributed by atoms with Crippen molar-refractivity contribution in [3.63, 3.8) is 0 Å². The Hall–Kier alpha value is -2.57. The summed E-state index contributed by atoms with van der Waals surface area (Å²) in [4.78, 5) is 24.4. The first-order valence-electron chi connectivity index (χ1n) is 11.2. The normalized spacial score (nSPS) is 18.2. The van der Waals surface area contributed by atoms with Crippen molar-refractivity contribution >= 4 is 22.8 Å². The maximum absolute atomic E-state index is 13.5. The zero-order valence-electron chi connectivity index (χ0n) is 18.0. The molecule has 7 heteroatoms. The Labute approximate surface area is 178 Å². The number of hydrogen-bond donors (Lipinski definition) is 1. The summed E-state index contributed by atoms with van der Waals surface area (Å²) in [6, 6.07) is 4.09. The predicted octanol–water partition coefficient (Wildman–Crippen LogP) is 4.83. The highest BCUT2D eigenvalue weighted by Gasteiger charge is 2.31. The molecule has 1 aromatic heterocycles. The fraction of sp³-hybridized carbons (Fsp3) is 0.609. The molecule has 0 atom stereocenters. The van der Waals surface area contributed by atoms with Gasteiger partial charge in [-0.05, 0) is 31.7 Å². The molecule has 2 aromatic rings. The van der Waals surface area contributed by atoms with Gasteiger partial charge in [-0.3, -0.25) is 4.90 Å². The molecule has 162 valence electrons. The molecule has 0 spiro atoms. The number of aromatic nitrogens is 2. The number of amides is 2. The number of fused-ring (bicyclic) bond motifs is 1. The Morgan fingerprint density at radius 1 is 0.933 bits per heavy atom. The molecule has 2 saturated carbocycles. The highest BCUT2D eigenvalue weighted by Crippen LogP contribution is 2.37. The largest absolute Gasteiger partial charge is 0.493 e. The lowest BCUT2D eigenvalue weighted by molar-refractivity contribution is 0.233. The second-order valence-corrected chi connectivity index (χ2v) is 8.37. The van der Waals surface area contributed by atoms with Crippen LogP contribution in [0.25, 0.3) is 10.9 Å². The average Bonchev–Trinajstić information content (AvgIpc) is 2.80. The van der Waals surface area contributed by atoms with Crippen molar-refractivity contribution in [2.45, 2.75) is 76.3 Å².